The number of hydrogen-bond acceptors (Lipinski definition) is 5. The Bertz CT molecular complexity index is 759. The lowest BCUT2D eigenvalue weighted by atomic mass is 9.78. The molecular weight excluding hydrogens is 390 g/mol. The molecule has 1 saturated carbocycles. The number of rotatable bonds is 6. The van der Waals surface area contributed by atoms with E-state index in [-0.39, 0.29) is 0 Å². The number of methoxy groups -OCH3 is 2. The van der Waals surface area contributed by atoms with E-state index in [1.807, 2.05) is 0 Å². The van der Waals surface area contributed by atoms with Gasteiger partial charge in [0.1, 0.15) is 0 Å². The number of piperidine rings is 1. The number of ether oxygens (including phenoxy) is 2. The Morgan fingerprint density at radius 3 is 2.29 bits per heavy atom. The summed E-state index contributed by atoms with van der Waals surface area (Å²) in [7, 11) is 3.36. The number of piperazine rings is 1. The molecule has 4 rings (SSSR count). The Labute approximate surface area is 187 Å². The number of fused-ring (bicyclic) bond motifs is 1. The number of carbonyl (C=O) groups is 1. The van der Waals surface area contributed by atoms with Crippen LogP contribution in [-0.2, 0) is 11.3 Å². The first-order valence-corrected chi connectivity index (χ1v) is 12.0. The fraction of sp³-hybridized carbons (Fsp3) is 0.720. The number of likely N-dealkylation sites (tertiary alicyclic amines) is 1. The molecule has 0 aromatic heterocycles. The van der Waals surface area contributed by atoms with Crippen LogP contribution in [0.2, 0.25) is 0 Å². The molecule has 6 nitrogen and oxygen atoms in total. The molecule has 1 aromatic rings. The third-order valence-electron chi connectivity index (χ3n) is 7.62. The number of nitrogens with zero attached hydrogens (tertiary/aromatic N) is 3. The first-order chi connectivity index (χ1) is 15.1. The standard InChI is InChI=1S/C25H39N3O3/c1-19-15-23(30-2)24(31-3)16-21(19)17-26-11-13-27(14-12-26)18-25(29)28-10-6-8-20-7-4-5-9-22(20)28/h15-16,20,22H,4-14,17-18H2,1-3H3/t20-,22+/m1/s1. The number of carbonyl (C=O) groups excluding carboxylic acids is 1. The largest absolute Gasteiger partial charge is 0.493 e. The van der Waals surface area contributed by atoms with Gasteiger partial charge in [-0.2, -0.15) is 0 Å². The van der Waals surface area contributed by atoms with Gasteiger partial charge in [0, 0.05) is 45.3 Å². The maximum Gasteiger partial charge on any atom is 0.237 e. The molecule has 2 atom stereocenters. The van der Waals surface area contributed by atoms with Gasteiger partial charge in [-0.15, -0.1) is 0 Å². The lowest BCUT2D eigenvalue weighted by molar-refractivity contribution is -0.139. The predicted octanol–water partition coefficient (Wildman–Crippen LogP) is 3.31. The monoisotopic (exact) mass is 429 g/mol. The first-order valence-electron chi connectivity index (χ1n) is 12.0. The zero-order valence-corrected chi connectivity index (χ0v) is 19.6. The quantitative estimate of drug-likeness (QED) is 0.694. The normalized spacial score (nSPS) is 25.2. The highest BCUT2D eigenvalue weighted by molar-refractivity contribution is 5.78. The van der Waals surface area contributed by atoms with Gasteiger partial charge in [-0.1, -0.05) is 12.8 Å². The summed E-state index contributed by atoms with van der Waals surface area (Å²) >= 11 is 0. The van der Waals surface area contributed by atoms with Gasteiger partial charge in [-0.25, -0.2) is 0 Å². The van der Waals surface area contributed by atoms with Crippen LogP contribution in [0.5, 0.6) is 11.5 Å². The van der Waals surface area contributed by atoms with Gasteiger partial charge < -0.3 is 14.4 Å². The average Bonchev–Trinajstić information content (AvgIpc) is 2.80. The summed E-state index contributed by atoms with van der Waals surface area (Å²) in [5, 5.41) is 0. The predicted molar refractivity (Wildman–Crippen MR) is 123 cm³/mol. The second-order valence-electron chi connectivity index (χ2n) is 9.53. The van der Waals surface area contributed by atoms with Gasteiger partial charge in [0.05, 0.1) is 20.8 Å². The van der Waals surface area contributed by atoms with E-state index in [4.69, 9.17) is 9.47 Å². The van der Waals surface area contributed by atoms with Crippen LogP contribution in [0.3, 0.4) is 0 Å². The number of aryl methyl sites for hydroxylation is 1. The van der Waals surface area contributed by atoms with Crippen LogP contribution >= 0.6 is 0 Å². The number of hydrogen-bond donors (Lipinski definition) is 0. The number of amides is 1. The van der Waals surface area contributed by atoms with E-state index in [9.17, 15) is 4.79 Å². The van der Waals surface area contributed by atoms with Crippen LogP contribution in [0.1, 0.15) is 49.7 Å². The maximum atomic E-state index is 13.1. The minimum atomic E-state index is 0.362. The molecule has 2 heterocycles. The molecule has 6 heteroatoms. The highest BCUT2D eigenvalue weighted by atomic mass is 16.5. The molecule has 3 aliphatic rings. The zero-order valence-electron chi connectivity index (χ0n) is 19.6. The fourth-order valence-electron chi connectivity index (χ4n) is 5.76. The van der Waals surface area contributed by atoms with Crippen molar-refractivity contribution in [2.24, 2.45) is 5.92 Å². The summed E-state index contributed by atoms with van der Waals surface area (Å²) in [6.07, 6.45) is 7.69. The Balaban J connectivity index is 1.28. The highest BCUT2D eigenvalue weighted by Gasteiger charge is 2.36. The SMILES string of the molecule is COc1cc(C)c(CN2CCN(CC(=O)N3CCC[C@H]4CCCC[C@@H]43)CC2)cc1OC. The van der Waals surface area contributed by atoms with Gasteiger partial charge in [0.2, 0.25) is 5.91 Å². The molecule has 2 aliphatic heterocycles. The van der Waals surface area contributed by atoms with Crippen molar-refractivity contribution >= 4 is 5.91 Å². The second-order valence-corrected chi connectivity index (χ2v) is 9.53. The lowest BCUT2D eigenvalue weighted by Gasteiger charge is -2.45. The Morgan fingerprint density at radius 2 is 1.55 bits per heavy atom. The summed E-state index contributed by atoms with van der Waals surface area (Å²) in [6.45, 7) is 8.50. The molecule has 0 radical (unpaired) electrons. The molecule has 172 valence electrons. The second kappa shape index (κ2) is 10.2. The number of benzene rings is 1. The Hall–Kier alpha value is -1.79. The van der Waals surface area contributed by atoms with Crippen molar-refractivity contribution in [1.82, 2.24) is 14.7 Å². The third kappa shape index (κ3) is 5.17. The molecule has 1 amide bonds. The van der Waals surface area contributed by atoms with E-state index in [0.717, 1.165) is 56.7 Å². The average molecular weight is 430 g/mol. The zero-order chi connectivity index (χ0) is 21.8. The molecule has 0 unspecified atom stereocenters. The summed E-state index contributed by atoms with van der Waals surface area (Å²) in [5.41, 5.74) is 2.50. The molecule has 1 aliphatic carbocycles. The van der Waals surface area contributed by atoms with E-state index in [1.165, 1.54) is 49.7 Å². The fourth-order valence-corrected chi connectivity index (χ4v) is 5.76. The van der Waals surface area contributed by atoms with Crippen molar-refractivity contribution in [2.45, 2.75) is 58.0 Å². The molecule has 2 saturated heterocycles. The van der Waals surface area contributed by atoms with Crippen LogP contribution < -0.4 is 9.47 Å². The Kier molecular flexibility index (Phi) is 7.39. The minimum absolute atomic E-state index is 0.362. The molecule has 3 fully saturated rings. The van der Waals surface area contributed by atoms with Crippen LogP contribution in [0, 0.1) is 12.8 Å². The summed E-state index contributed by atoms with van der Waals surface area (Å²) < 4.78 is 10.9. The molecule has 0 bridgehead atoms. The first kappa shape index (κ1) is 22.4. The van der Waals surface area contributed by atoms with Crippen LogP contribution in [0.4, 0.5) is 0 Å². The Morgan fingerprint density at radius 1 is 0.903 bits per heavy atom. The van der Waals surface area contributed by atoms with Crippen molar-refractivity contribution in [3.63, 3.8) is 0 Å². The van der Waals surface area contributed by atoms with Crippen molar-refractivity contribution in [2.75, 3.05) is 53.5 Å². The molecule has 31 heavy (non-hydrogen) atoms. The van der Waals surface area contributed by atoms with Crippen molar-refractivity contribution < 1.29 is 14.3 Å². The maximum absolute atomic E-state index is 13.1. The lowest BCUT2D eigenvalue weighted by Crippen LogP contribution is -2.54. The highest BCUT2D eigenvalue weighted by Crippen LogP contribution is 2.35. The van der Waals surface area contributed by atoms with Gasteiger partial charge in [0.25, 0.3) is 0 Å². The summed E-state index contributed by atoms with van der Waals surface area (Å²) in [4.78, 5) is 20.2. The molecule has 0 spiro atoms. The topological polar surface area (TPSA) is 45.2 Å². The van der Waals surface area contributed by atoms with Gasteiger partial charge in [-0.3, -0.25) is 14.6 Å². The van der Waals surface area contributed by atoms with E-state index in [1.54, 1.807) is 14.2 Å². The molecule has 1 aromatic carbocycles. The van der Waals surface area contributed by atoms with Crippen LogP contribution in [0.15, 0.2) is 12.1 Å². The van der Waals surface area contributed by atoms with E-state index in [2.05, 4.69) is 33.8 Å². The molecular formula is C25H39N3O3. The smallest absolute Gasteiger partial charge is 0.237 e. The van der Waals surface area contributed by atoms with Gasteiger partial charge >= 0.3 is 0 Å². The van der Waals surface area contributed by atoms with Crippen LogP contribution in [0.25, 0.3) is 0 Å². The van der Waals surface area contributed by atoms with E-state index >= 15 is 0 Å². The van der Waals surface area contributed by atoms with Crippen LogP contribution in [-0.4, -0.2) is 80.1 Å². The van der Waals surface area contributed by atoms with Crippen molar-refractivity contribution in [1.29, 1.82) is 0 Å². The summed E-state index contributed by atoms with van der Waals surface area (Å²) in [6, 6.07) is 4.67. The van der Waals surface area contributed by atoms with E-state index in [0.29, 0.717) is 18.5 Å². The van der Waals surface area contributed by atoms with Gasteiger partial charge in [0.15, 0.2) is 11.5 Å². The van der Waals surface area contributed by atoms with Crippen molar-refractivity contribution in [3.8, 4) is 11.5 Å². The van der Waals surface area contributed by atoms with Crippen molar-refractivity contribution in [3.05, 3.63) is 23.3 Å². The molecule has 0 N–H and O–H groups in total. The minimum Gasteiger partial charge on any atom is -0.493 e. The summed E-state index contributed by atoms with van der Waals surface area (Å²) in [5.74, 6) is 2.69. The van der Waals surface area contributed by atoms with Gasteiger partial charge in [-0.05, 0) is 61.8 Å². The van der Waals surface area contributed by atoms with E-state index < -0.39 is 0 Å². The third-order valence-corrected chi connectivity index (χ3v) is 7.62.